The minimum absolute atomic E-state index is 0.351. The summed E-state index contributed by atoms with van der Waals surface area (Å²) in [7, 11) is 1.79. The molecular formula is C21H26FN3O3. The molecule has 0 bridgehead atoms. The zero-order valence-corrected chi connectivity index (χ0v) is 16.7. The van der Waals surface area contributed by atoms with Crippen LogP contribution in [0, 0.1) is 19.7 Å². The highest BCUT2D eigenvalue weighted by molar-refractivity contribution is 5.96. The molecule has 28 heavy (non-hydrogen) atoms. The molecule has 1 saturated carbocycles. The predicted molar refractivity (Wildman–Crippen MR) is 103 cm³/mol. The lowest BCUT2D eigenvalue weighted by molar-refractivity contribution is -0.159. The van der Waals surface area contributed by atoms with E-state index in [4.69, 9.17) is 4.74 Å². The number of ether oxygens (including phenoxy) is 1. The summed E-state index contributed by atoms with van der Waals surface area (Å²) in [4.78, 5) is 25.6. The number of aryl methyl sites for hydroxylation is 2. The van der Waals surface area contributed by atoms with E-state index in [2.05, 4.69) is 10.4 Å². The minimum Gasteiger partial charge on any atom is -0.452 e. The summed E-state index contributed by atoms with van der Waals surface area (Å²) < 4.78 is 21.6. The summed E-state index contributed by atoms with van der Waals surface area (Å²) >= 11 is 0. The van der Waals surface area contributed by atoms with Gasteiger partial charge in [0.25, 0.3) is 5.91 Å². The molecule has 6 nitrogen and oxygen atoms in total. The van der Waals surface area contributed by atoms with Crippen molar-refractivity contribution in [2.24, 2.45) is 7.05 Å². The third-order valence-corrected chi connectivity index (χ3v) is 5.65. The number of anilines is 1. The van der Waals surface area contributed by atoms with Gasteiger partial charge >= 0.3 is 5.97 Å². The first kappa shape index (κ1) is 20.0. The van der Waals surface area contributed by atoms with Crippen LogP contribution >= 0.6 is 0 Å². The Bertz CT molecular complexity index is 900. The van der Waals surface area contributed by atoms with E-state index in [9.17, 15) is 14.0 Å². The molecule has 1 fully saturated rings. The molecule has 1 N–H and O–H groups in total. The van der Waals surface area contributed by atoms with E-state index < -0.39 is 29.2 Å². The second-order valence-corrected chi connectivity index (χ2v) is 7.48. The van der Waals surface area contributed by atoms with Crippen molar-refractivity contribution in [3.05, 3.63) is 47.0 Å². The summed E-state index contributed by atoms with van der Waals surface area (Å²) in [6.07, 6.45) is 1.66. The van der Waals surface area contributed by atoms with Gasteiger partial charge in [-0.25, -0.2) is 4.39 Å². The van der Waals surface area contributed by atoms with Gasteiger partial charge < -0.3 is 10.1 Å². The van der Waals surface area contributed by atoms with E-state index in [0.717, 1.165) is 18.5 Å². The van der Waals surface area contributed by atoms with Crippen LogP contribution in [0.25, 0.3) is 0 Å². The minimum atomic E-state index is -1.03. The van der Waals surface area contributed by atoms with Crippen molar-refractivity contribution in [2.45, 2.75) is 58.0 Å². The second kappa shape index (κ2) is 7.73. The maximum atomic E-state index is 14.4. The number of halogens is 1. The Kier molecular flexibility index (Phi) is 5.54. The van der Waals surface area contributed by atoms with E-state index in [0.29, 0.717) is 29.8 Å². The number of benzene rings is 1. The molecule has 0 aliphatic heterocycles. The fourth-order valence-corrected chi connectivity index (χ4v) is 3.92. The molecule has 1 heterocycles. The third-order valence-electron chi connectivity index (χ3n) is 5.65. The predicted octanol–water partition coefficient (Wildman–Crippen LogP) is 3.56. The fraction of sp³-hybridized carbons (Fsp3) is 0.476. The van der Waals surface area contributed by atoms with E-state index in [1.807, 2.05) is 6.92 Å². The van der Waals surface area contributed by atoms with Crippen molar-refractivity contribution in [3.63, 3.8) is 0 Å². The molecule has 1 aliphatic rings. The second-order valence-electron chi connectivity index (χ2n) is 7.48. The number of hydrogen-bond acceptors (Lipinski definition) is 4. The molecule has 0 unspecified atom stereocenters. The number of carbonyl (C=O) groups is 2. The molecule has 1 aromatic heterocycles. The smallest absolute Gasteiger partial charge is 0.317 e. The molecule has 1 aliphatic carbocycles. The Labute approximate surface area is 164 Å². The third kappa shape index (κ3) is 3.53. The topological polar surface area (TPSA) is 73.2 Å². The molecule has 0 saturated heterocycles. The Morgan fingerprint density at radius 3 is 2.46 bits per heavy atom. The van der Waals surface area contributed by atoms with Crippen molar-refractivity contribution in [2.75, 3.05) is 5.32 Å². The average Bonchev–Trinajstić information content (AvgIpc) is 3.24. The van der Waals surface area contributed by atoms with E-state index in [1.54, 1.807) is 36.9 Å². The van der Waals surface area contributed by atoms with E-state index in [1.165, 1.54) is 13.0 Å². The first-order valence-electron chi connectivity index (χ1n) is 9.53. The molecule has 0 radical (unpaired) electrons. The van der Waals surface area contributed by atoms with Crippen molar-refractivity contribution in [1.29, 1.82) is 0 Å². The van der Waals surface area contributed by atoms with E-state index >= 15 is 0 Å². The largest absolute Gasteiger partial charge is 0.452 e. The molecule has 150 valence electrons. The van der Waals surface area contributed by atoms with Crippen LogP contribution in [0.2, 0.25) is 0 Å². The van der Waals surface area contributed by atoms with Gasteiger partial charge in [0.2, 0.25) is 0 Å². The summed E-state index contributed by atoms with van der Waals surface area (Å²) in [6.45, 7) is 5.17. The van der Waals surface area contributed by atoms with Crippen LogP contribution in [0.5, 0.6) is 0 Å². The normalized spacial score (nSPS) is 16.6. The maximum Gasteiger partial charge on any atom is 0.317 e. The average molecular weight is 387 g/mol. The molecule has 0 spiro atoms. The van der Waals surface area contributed by atoms with Crippen LogP contribution in [-0.4, -0.2) is 27.8 Å². The molecular weight excluding hydrogens is 361 g/mol. The Morgan fingerprint density at radius 2 is 1.89 bits per heavy atom. The Balaban J connectivity index is 1.77. The number of hydrogen-bond donors (Lipinski definition) is 1. The summed E-state index contributed by atoms with van der Waals surface area (Å²) in [5, 5.41) is 7.05. The lowest BCUT2D eigenvalue weighted by Crippen LogP contribution is -2.40. The van der Waals surface area contributed by atoms with Crippen LogP contribution in [0.1, 0.15) is 49.6 Å². The van der Waals surface area contributed by atoms with Crippen LogP contribution < -0.4 is 5.32 Å². The number of carbonyl (C=O) groups excluding carboxylic acids is 2. The van der Waals surface area contributed by atoms with Crippen molar-refractivity contribution >= 4 is 17.6 Å². The van der Waals surface area contributed by atoms with Gasteiger partial charge in [-0.05, 0) is 39.7 Å². The highest BCUT2D eigenvalue weighted by Crippen LogP contribution is 2.43. The van der Waals surface area contributed by atoms with Crippen molar-refractivity contribution in [3.8, 4) is 0 Å². The van der Waals surface area contributed by atoms with Crippen molar-refractivity contribution < 1.29 is 18.7 Å². The van der Waals surface area contributed by atoms with Gasteiger partial charge in [-0.15, -0.1) is 0 Å². The lowest BCUT2D eigenvalue weighted by atomic mass is 9.78. The van der Waals surface area contributed by atoms with Crippen LogP contribution in [0.15, 0.2) is 24.3 Å². The first-order chi connectivity index (χ1) is 13.3. The number of amides is 1. The van der Waals surface area contributed by atoms with Gasteiger partial charge in [-0.1, -0.05) is 31.0 Å². The monoisotopic (exact) mass is 387 g/mol. The van der Waals surface area contributed by atoms with Crippen molar-refractivity contribution in [1.82, 2.24) is 9.78 Å². The molecule has 1 aromatic carbocycles. The SMILES string of the molecule is Cc1nn(C)c(C)c1NC(=O)[C@H](C)OC(=O)C1(c2ccccc2F)CCCC1. The zero-order chi connectivity index (χ0) is 20.5. The van der Waals surface area contributed by atoms with Gasteiger partial charge in [0.05, 0.1) is 22.5 Å². The highest BCUT2D eigenvalue weighted by atomic mass is 19.1. The summed E-state index contributed by atoms with van der Waals surface area (Å²) in [6, 6.07) is 6.30. The molecule has 2 aromatic rings. The summed E-state index contributed by atoms with van der Waals surface area (Å²) in [5.41, 5.74) is 1.43. The molecule has 3 rings (SSSR count). The van der Waals surface area contributed by atoms with Gasteiger partial charge in [-0.2, -0.15) is 5.10 Å². The lowest BCUT2D eigenvalue weighted by Gasteiger charge is -2.29. The molecule has 1 amide bonds. The van der Waals surface area contributed by atoms with Crippen LogP contribution in [-0.2, 0) is 26.8 Å². The molecule has 7 heteroatoms. The van der Waals surface area contributed by atoms with Crippen LogP contribution in [0.3, 0.4) is 0 Å². The highest BCUT2D eigenvalue weighted by Gasteiger charge is 2.46. The Hall–Kier alpha value is -2.70. The number of nitrogens with zero attached hydrogens (tertiary/aromatic N) is 2. The van der Waals surface area contributed by atoms with Gasteiger partial charge in [0.15, 0.2) is 6.10 Å². The maximum absolute atomic E-state index is 14.4. The van der Waals surface area contributed by atoms with Gasteiger partial charge in [-0.3, -0.25) is 14.3 Å². The molecule has 1 atom stereocenters. The first-order valence-corrected chi connectivity index (χ1v) is 9.53. The Morgan fingerprint density at radius 1 is 1.25 bits per heavy atom. The van der Waals surface area contributed by atoms with E-state index in [-0.39, 0.29) is 0 Å². The van der Waals surface area contributed by atoms with Gasteiger partial charge in [0, 0.05) is 12.6 Å². The number of nitrogens with one attached hydrogen (secondary N) is 1. The van der Waals surface area contributed by atoms with Gasteiger partial charge in [0.1, 0.15) is 5.82 Å². The zero-order valence-electron chi connectivity index (χ0n) is 16.7. The number of aromatic nitrogens is 2. The fourth-order valence-electron chi connectivity index (χ4n) is 3.92. The van der Waals surface area contributed by atoms with Crippen LogP contribution in [0.4, 0.5) is 10.1 Å². The number of rotatable bonds is 5. The standard InChI is InChI=1S/C21H26FN3O3/c1-13-18(14(2)25(4)24-13)23-19(26)15(3)28-20(27)21(11-7-8-12-21)16-9-5-6-10-17(16)22/h5-6,9-10,15H,7-8,11-12H2,1-4H3,(H,23,26)/t15-/m0/s1. The quantitative estimate of drug-likeness (QED) is 0.796. The number of esters is 1. The summed E-state index contributed by atoms with van der Waals surface area (Å²) in [5.74, 6) is -1.40.